The minimum absolute atomic E-state index is 0.0312. The largest absolute Gasteiger partial charge is 0.396 e. The molecule has 0 amide bonds. The molecule has 17 heavy (non-hydrogen) atoms. The van der Waals surface area contributed by atoms with E-state index < -0.39 is 8.56 Å². The number of hydrogen-bond acceptors (Lipinski definition) is 4. The number of rotatable bonds is 7. The Labute approximate surface area is 106 Å². The minimum Gasteiger partial charge on any atom is -0.396 e. The zero-order chi connectivity index (χ0) is 13.2. The van der Waals surface area contributed by atoms with E-state index in [0.717, 1.165) is 26.1 Å². The van der Waals surface area contributed by atoms with Crippen molar-refractivity contribution in [2.75, 3.05) is 34.5 Å². The lowest BCUT2D eigenvalue weighted by atomic mass is 9.75. The van der Waals surface area contributed by atoms with Crippen LogP contribution in [0.2, 0.25) is 6.55 Å². The number of ether oxygens (including phenoxy) is 2. The quantitative estimate of drug-likeness (QED) is 0.659. The minimum atomic E-state index is -2.41. The van der Waals surface area contributed by atoms with Crippen LogP contribution >= 0.6 is 0 Å². The summed E-state index contributed by atoms with van der Waals surface area (Å²) in [4.78, 5) is 0. The Kier molecular flexibility index (Phi) is 4.77. The van der Waals surface area contributed by atoms with Crippen molar-refractivity contribution in [1.82, 2.24) is 0 Å². The SMILES string of the molecule is CCC1(C(CC)(OC)[Si](C)(OC)OC)COC1. The summed E-state index contributed by atoms with van der Waals surface area (Å²) in [6, 6.07) is 0. The standard InChI is InChI=1S/C12H26O4Si/c1-7-11(9-16-10-11)12(8-2,13-3)17(6,14-4)15-5/h7-10H2,1-6H3. The van der Waals surface area contributed by atoms with E-state index in [9.17, 15) is 0 Å². The van der Waals surface area contributed by atoms with Gasteiger partial charge in [0.1, 0.15) is 5.22 Å². The normalized spacial score (nSPS) is 22.9. The molecular formula is C12H26O4Si. The molecule has 4 nitrogen and oxygen atoms in total. The molecule has 1 saturated heterocycles. The van der Waals surface area contributed by atoms with Crippen LogP contribution in [-0.2, 0) is 18.3 Å². The van der Waals surface area contributed by atoms with Gasteiger partial charge in [0.2, 0.25) is 0 Å². The van der Waals surface area contributed by atoms with Crippen molar-refractivity contribution in [3.8, 4) is 0 Å². The molecule has 1 aliphatic heterocycles. The van der Waals surface area contributed by atoms with E-state index in [1.165, 1.54) is 0 Å². The van der Waals surface area contributed by atoms with Gasteiger partial charge in [-0.25, -0.2) is 0 Å². The van der Waals surface area contributed by atoms with Crippen molar-refractivity contribution < 1.29 is 18.3 Å². The Morgan fingerprint density at radius 2 is 1.71 bits per heavy atom. The Hall–Kier alpha value is 0.0569. The third-order valence-corrected chi connectivity index (χ3v) is 8.76. The highest BCUT2D eigenvalue weighted by Gasteiger charge is 2.67. The Balaban J connectivity index is 3.20. The molecule has 0 aromatic rings. The molecule has 1 unspecified atom stereocenters. The number of hydrogen-bond donors (Lipinski definition) is 0. The topological polar surface area (TPSA) is 36.9 Å². The molecule has 0 aliphatic carbocycles. The lowest BCUT2D eigenvalue weighted by molar-refractivity contribution is -0.216. The van der Waals surface area contributed by atoms with E-state index in [0.29, 0.717) is 0 Å². The fraction of sp³-hybridized carbons (Fsp3) is 1.00. The molecule has 0 aromatic carbocycles. The molecule has 1 atom stereocenters. The maximum absolute atomic E-state index is 5.96. The molecule has 5 heteroatoms. The van der Waals surface area contributed by atoms with Gasteiger partial charge in [0.05, 0.1) is 13.2 Å². The zero-order valence-electron chi connectivity index (χ0n) is 12.0. The van der Waals surface area contributed by atoms with Gasteiger partial charge in [0.25, 0.3) is 0 Å². The molecule has 102 valence electrons. The summed E-state index contributed by atoms with van der Waals surface area (Å²) in [7, 11) is 2.81. The van der Waals surface area contributed by atoms with Gasteiger partial charge in [0.15, 0.2) is 0 Å². The van der Waals surface area contributed by atoms with Crippen LogP contribution in [0.4, 0.5) is 0 Å². The molecule has 0 spiro atoms. The van der Waals surface area contributed by atoms with Gasteiger partial charge in [-0.2, -0.15) is 0 Å². The lowest BCUT2D eigenvalue weighted by Crippen LogP contribution is -2.74. The highest BCUT2D eigenvalue weighted by molar-refractivity contribution is 6.69. The summed E-state index contributed by atoms with van der Waals surface area (Å²) in [5, 5.41) is -0.351. The average molecular weight is 262 g/mol. The van der Waals surface area contributed by atoms with Crippen LogP contribution in [0.15, 0.2) is 0 Å². The number of methoxy groups -OCH3 is 1. The smallest absolute Gasteiger partial charge is 0.368 e. The van der Waals surface area contributed by atoms with Crippen molar-refractivity contribution in [2.45, 2.75) is 38.5 Å². The average Bonchev–Trinajstić information content (AvgIpc) is 2.32. The molecule has 0 aromatic heterocycles. The van der Waals surface area contributed by atoms with Gasteiger partial charge < -0.3 is 18.3 Å². The fourth-order valence-electron chi connectivity index (χ4n) is 3.21. The third-order valence-electron chi connectivity index (χ3n) is 4.65. The summed E-state index contributed by atoms with van der Waals surface area (Å²) in [5.41, 5.74) is 0.0312. The molecule has 1 rings (SSSR count). The first-order chi connectivity index (χ1) is 8.01. The summed E-state index contributed by atoms with van der Waals surface area (Å²) in [6.45, 7) is 7.88. The van der Waals surface area contributed by atoms with Crippen molar-refractivity contribution in [1.29, 1.82) is 0 Å². The van der Waals surface area contributed by atoms with Gasteiger partial charge in [-0.1, -0.05) is 13.8 Å². The Bertz CT molecular complexity index is 225. The zero-order valence-corrected chi connectivity index (χ0v) is 13.0. The molecule has 1 fully saturated rings. The summed E-state index contributed by atoms with van der Waals surface area (Å²) in [5.74, 6) is 0. The van der Waals surface area contributed by atoms with Crippen molar-refractivity contribution in [3.63, 3.8) is 0 Å². The molecular weight excluding hydrogens is 236 g/mol. The van der Waals surface area contributed by atoms with Crippen molar-refractivity contribution in [3.05, 3.63) is 0 Å². The first-order valence-corrected chi connectivity index (χ1v) is 8.56. The molecule has 0 N–H and O–H groups in total. The first-order valence-electron chi connectivity index (χ1n) is 6.24. The van der Waals surface area contributed by atoms with Crippen LogP contribution in [0.3, 0.4) is 0 Å². The summed E-state index contributed by atoms with van der Waals surface area (Å²) in [6.07, 6.45) is 1.90. The molecule has 0 radical (unpaired) electrons. The van der Waals surface area contributed by atoms with Crippen LogP contribution in [0.25, 0.3) is 0 Å². The predicted molar refractivity (Wildman–Crippen MR) is 69.2 cm³/mol. The van der Waals surface area contributed by atoms with Gasteiger partial charge in [-0.05, 0) is 19.4 Å². The summed E-state index contributed by atoms with van der Waals surface area (Å²) < 4.78 is 22.9. The van der Waals surface area contributed by atoms with E-state index >= 15 is 0 Å². The van der Waals surface area contributed by atoms with Crippen molar-refractivity contribution in [2.24, 2.45) is 5.41 Å². The van der Waals surface area contributed by atoms with E-state index in [1.807, 2.05) is 0 Å². The van der Waals surface area contributed by atoms with E-state index in [-0.39, 0.29) is 10.6 Å². The monoisotopic (exact) mass is 262 g/mol. The van der Waals surface area contributed by atoms with E-state index in [4.69, 9.17) is 18.3 Å². The van der Waals surface area contributed by atoms with Gasteiger partial charge in [0, 0.05) is 26.7 Å². The lowest BCUT2D eigenvalue weighted by Gasteiger charge is -2.58. The van der Waals surface area contributed by atoms with Crippen LogP contribution in [-0.4, -0.2) is 48.3 Å². The van der Waals surface area contributed by atoms with E-state index in [2.05, 4.69) is 20.4 Å². The predicted octanol–water partition coefficient (Wildman–Crippen LogP) is 2.11. The molecule has 1 aliphatic rings. The molecule has 0 bridgehead atoms. The second-order valence-corrected chi connectivity index (χ2v) is 8.38. The van der Waals surface area contributed by atoms with Crippen LogP contribution in [0.1, 0.15) is 26.7 Å². The maximum atomic E-state index is 5.96. The highest BCUT2D eigenvalue weighted by Crippen LogP contribution is 2.50. The third kappa shape index (κ3) is 1.88. The molecule has 1 heterocycles. The van der Waals surface area contributed by atoms with Crippen LogP contribution in [0.5, 0.6) is 0 Å². The highest BCUT2D eigenvalue weighted by atomic mass is 28.4. The van der Waals surface area contributed by atoms with E-state index in [1.54, 1.807) is 21.3 Å². The Morgan fingerprint density at radius 3 is 1.88 bits per heavy atom. The van der Waals surface area contributed by atoms with Crippen LogP contribution in [0, 0.1) is 5.41 Å². The Morgan fingerprint density at radius 1 is 1.18 bits per heavy atom. The van der Waals surface area contributed by atoms with Crippen LogP contribution < -0.4 is 0 Å². The second kappa shape index (κ2) is 5.36. The fourth-order valence-corrected chi connectivity index (χ4v) is 6.33. The van der Waals surface area contributed by atoms with Gasteiger partial charge >= 0.3 is 8.56 Å². The van der Waals surface area contributed by atoms with Crippen molar-refractivity contribution >= 4 is 8.56 Å². The van der Waals surface area contributed by atoms with Gasteiger partial charge in [-0.3, -0.25) is 0 Å². The maximum Gasteiger partial charge on any atom is 0.368 e. The summed E-state index contributed by atoms with van der Waals surface area (Å²) >= 11 is 0. The first kappa shape index (κ1) is 15.1. The molecule has 0 saturated carbocycles. The second-order valence-electron chi connectivity index (χ2n) is 4.87. The van der Waals surface area contributed by atoms with Gasteiger partial charge in [-0.15, -0.1) is 0 Å².